The molecule has 1 saturated heterocycles. The number of nitrogens with one attached hydrogen (secondary N) is 2. The molecule has 4 heteroatoms. The fraction of sp³-hybridized carbons (Fsp3) is 0.500. The van der Waals surface area contributed by atoms with Crippen LogP contribution >= 0.6 is 11.6 Å². The first kappa shape index (κ1) is 11.9. The molecule has 1 aliphatic rings. The third-order valence-corrected chi connectivity index (χ3v) is 3.14. The summed E-state index contributed by atoms with van der Waals surface area (Å²) in [6, 6.07) is 8.53. The van der Waals surface area contributed by atoms with Gasteiger partial charge in [0.15, 0.2) is 0 Å². The highest BCUT2D eigenvalue weighted by Gasteiger charge is 2.23. The van der Waals surface area contributed by atoms with Crippen molar-refractivity contribution in [3.05, 3.63) is 34.9 Å². The molecular weight excluding hydrogens is 224 g/mol. The van der Waals surface area contributed by atoms with Gasteiger partial charge in [0.05, 0.1) is 19.3 Å². The Hall–Kier alpha value is -0.610. The first-order chi connectivity index (χ1) is 7.81. The maximum absolute atomic E-state index is 5.88. The molecule has 16 heavy (non-hydrogen) atoms. The van der Waals surface area contributed by atoms with E-state index < -0.39 is 0 Å². The summed E-state index contributed by atoms with van der Waals surface area (Å²) < 4.78 is 5.48. The Kier molecular flexibility index (Phi) is 4.18. The lowest BCUT2D eigenvalue weighted by Crippen LogP contribution is -2.48. The van der Waals surface area contributed by atoms with Crippen molar-refractivity contribution in [2.75, 3.05) is 26.8 Å². The third-order valence-electron chi connectivity index (χ3n) is 2.89. The summed E-state index contributed by atoms with van der Waals surface area (Å²) in [4.78, 5) is 0. The van der Waals surface area contributed by atoms with E-state index in [4.69, 9.17) is 16.3 Å². The Balaban J connectivity index is 2.11. The minimum atomic E-state index is 0.262. The Labute approximate surface area is 101 Å². The summed E-state index contributed by atoms with van der Waals surface area (Å²) in [7, 11) is 1.97. The predicted octanol–water partition coefficient (Wildman–Crippen LogP) is 1.59. The quantitative estimate of drug-likeness (QED) is 0.842. The van der Waals surface area contributed by atoms with Gasteiger partial charge in [-0.3, -0.25) is 0 Å². The lowest BCUT2D eigenvalue weighted by molar-refractivity contribution is 0.0645. The molecule has 0 bridgehead atoms. The monoisotopic (exact) mass is 240 g/mol. The topological polar surface area (TPSA) is 33.3 Å². The molecule has 1 aromatic carbocycles. The fourth-order valence-electron chi connectivity index (χ4n) is 2.07. The number of morpholine rings is 1. The number of ether oxygens (including phenoxy) is 1. The molecule has 2 N–H and O–H groups in total. The van der Waals surface area contributed by atoms with Crippen LogP contribution in [0.2, 0.25) is 5.02 Å². The maximum Gasteiger partial charge on any atom is 0.0638 e. The van der Waals surface area contributed by atoms with Crippen LogP contribution in [0.15, 0.2) is 24.3 Å². The molecular formula is C12H17ClN2O. The van der Waals surface area contributed by atoms with Gasteiger partial charge in [-0.2, -0.15) is 0 Å². The molecule has 2 atom stereocenters. The zero-order chi connectivity index (χ0) is 11.4. The molecule has 1 aromatic rings. The Morgan fingerprint density at radius 1 is 1.44 bits per heavy atom. The summed E-state index contributed by atoms with van der Waals surface area (Å²) in [5.41, 5.74) is 1.23. The van der Waals surface area contributed by atoms with E-state index in [0.717, 1.165) is 24.8 Å². The molecule has 0 amide bonds. The summed E-state index contributed by atoms with van der Waals surface area (Å²) in [5, 5.41) is 7.55. The van der Waals surface area contributed by atoms with Gasteiger partial charge >= 0.3 is 0 Å². The van der Waals surface area contributed by atoms with Crippen LogP contribution in [-0.4, -0.2) is 32.8 Å². The second kappa shape index (κ2) is 5.64. The van der Waals surface area contributed by atoms with E-state index in [1.54, 1.807) is 0 Å². The van der Waals surface area contributed by atoms with E-state index in [1.807, 2.05) is 19.2 Å². The largest absolute Gasteiger partial charge is 0.378 e. The summed E-state index contributed by atoms with van der Waals surface area (Å²) in [6.45, 7) is 2.46. The third kappa shape index (κ3) is 2.74. The minimum Gasteiger partial charge on any atom is -0.378 e. The van der Waals surface area contributed by atoms with Crippen molar-refractivity contribution in [2.24, 2.45) is 0 Å². The Morgan fingerprint density at radius 2 is 2.19 bits per heavy atom. The van der Waals surface area contributed by atoms with Crippen LogP contribution in [-0.2, 0) is 4.74 Å². The van der Waals surface area contributed by atoms with Crippen LogP contribution < -0.4 is 10.6 Å². The molecule has 0 spiro atoms. The van der Waals surface area contributed by atoms with E-state index in [0.29, 0.717) is 6.04 Å². The smallest absolute Gasteiger partial charge is 0.0638 e. The molecule has 88 valence electrons. The molecule has 1 aliphatic heterocycles. The molecule has 2 rings (SSSR count). The first-order valence-corrected chi connectivity index (χ1v) is 5.93. The van der Waals surface area contributed by atoms with Crippen LogP contribution in [0.25, 0.3) is 0 Å². The lowest BCUT2D eigenvalue weighted by atomic mass is 9.99. The van der Waals surface area contributed by atoms with Gasteiger partial charge in [-0.15, -0.1) is 0 Å². The van der Waals surface area contributed by atoms with Crippen LogP contribution in [0, 0.1) is 0 Å². The number of halogens is 1. The first-order valence-electron chi connectivity index (χ1n) is 5.55. The predicted molar refractivity (Wildman–Crippen MR) is 65.9 cm³/mol. The van der Waals surface area contributed by atoms with Gasteiger partial charge in [-0.05, 0) is 24.7 Å². The molecule has 0 aliphatic carbocycles. The maximum atomic E-state index is 5.88. The zero-order valence-corrected chi connectivity index (χ0v) is 10.1. The van der Waals surface area contributed by atoms with Crippen molar-refractivity contribution in [1.29, 1.82) is 0 Å². The van der Waals surface area contributed by atoms with Gasteiger partial charge in [0.2, 0.25) is 0 Å². The van der Waals surface area contributed by atoms with Crippen molar-refractivity contribution in [2.45, 2.75) is 12.1 Å². The lowest BCUT2D eigenvalue weighted by Gasteiger charge is -2.31. The fourth-order valence-corrected chi connectivity index (χ4v) is 2.20. The number of hydrogen-bond donors (Lipinski definition) is 2. The summed E-state index contributed by atoms with van der Waals surface area (Å²) in [6.07, 6.45) is 0. The van der Waals surface area contributed by atoms with Crippen molar-refractivity contribution < 1.29 is 4.74 Å². The molecule has 2 unspecified atom stereocenters. The van der Waals surface area contributed by atoms with Gasteiger partial charge in [-0.1, -0.05) is 23.7 Å². The standard InChI is InChI=1S/C12H17ClN2O/c1-14-12(11-8-16-7-6-15-11)9-2-4-10(13)5-3-9/h2-5,11-12,14-15H,6-8H2,1H3. The number of rotatable bonds is 3. The van der Waals surface area contributed by atoms with Gasteiger partial charge < -0.3 is 15.4 Å². The van der Waals surface area contributed by atoms with Crippen LogP contribution in [0.1, 0.15) is 11.6 Å². The van der Waals surface area contributed by atoms with Gasteiger partial charge in [-0.25, -0.2) is 0 Å². The number of benzene rings is 1. The normalized spacial score (nSPS) is 23.0. The van der Waals surface area contributed by atoms with E-state index in [1.165, 1.54) is 5.56 Å². The van der Waals surface area contributed by atoms with Crippen LogP contribution in [0.5, 0.6) is 0 Å². The minimum absolute atomic E-state index is 0.262. The molecule has 3 nitrogen and oxygen atoms in total. The molecule has 1 heterocycles. The molecule has 0 saturated carbocycles. The SMILES string of the molecule is CNC(c1ccc(Cl)cc1)C1COCCN1. The van der Waals surface area contributed by atoms with Gasteiger partial charge in [0.1, 0.15) is 0 Å². The summed E-state index contributed by atoms with van der Waals surface area (Å²) in [5.74, 6) is 0. The molecule has 0 radical (unpaired) electrons. The van der Waals surface area contributed by atoms with E-state index >= 15 is 0 Å². The average molecular weight is 241 g/mol. The second-order valence-electron chi connectivity index (χ2n) is 3.95. The van der Waals surface area contributed by atoms with E-state index in [9.17, 15) is 0 Å². The number of likely N-dealkylation sites (N-methyl/N-ethyl adjacent to an activating group) is 1. The van der Waals surface area contributed by atoms with Gasteiger partial charge in [0, 0.05) is 17.6 Å². The Morgan fingerprint density at radius 3 is 2.75 bits per heavy atom. The molecule has 1 fully saturated rings. The van der Waals surface area contributed by atoms with E-state index in [-0.39, 0.29) is 6.04 Å². The zero-order valence-electron chi connectivity index (χ0n) is 9.37. The van der Waals surface area contributed by atoms with Crippen molar-refractivity contribution >= 4 is 11.6 Å². The van der Waals surface area contributed by atoms with Gasteiger partial charge in [0.25, 0.3) is 0 Å². The van der Waals surface area contributed by atoms with E-state index in [2.05, 4.69) is 22.8 Å². The van der Waals surface area contributed by atoms with Crippen LogP contribution in [0.4, 0.5) is 0 Å². The van der Waals surface area contributed by atoms with Crippen LogP contribution in [0.3, 0.4) is 0 Å². The second-order valence-corrected chi connectivity index (χ2v) is 4.39. The van der Waals surface area contributed by atoms with Crippen molar-refractivity contribution in [3.63, 3.8) is 0 Å². The van der Waals surface area contributed by atoms with Crippen molar-refractivity contribution in [3.8, 4) is 0 Å². The highest BCUT2D eigenvalue weighted by Crippen LogP contribution is 2.20. The highest BCUT2D eigenvalue weighted by molar-refractivity contribution is 6.30. The highest BCUT2D eigenvalue weighted by atomic mass is 35.5. The average Bonchev–Trinajstić information content (AvgIpc) is 2.34. The van der Waals surface area contributed by atoms with Crippen molar-refractivity contribution in [1.82, 2.24) is 10.6 Å². The Bertz CT molecular complexity index is 322. The molecule has 0 aromatic heterocycles. The summed E-state index contributed by atoms with van der Waals surface area (Å²) >= 11 is 5.88. The number of hydrogen-bond acceptors (Lipinski definition) is 3.